The third kappa shape index (κ3) is 39.6. The minimum absolute atomic E-state index is 0.0170. The summed E-state index contributed by atoms with van der Waals surface area (Å²) in [6, 6.07) is 0. The van der Waals surface area contributed by atoms with Crippen LogP contribution >= 0.6 is 0 Å². The van der Waals surface area contributed by atoms with E-state index in [0.29, 0.717) is 33.0 Å². The molecule has 0 aromatic rings. The van der Waals surface area contributed by atoms with E-state index in [9.17, 15) is 9.57 Å². The molecule has 0 amide bonds. The summed E-state index contributed by atoms with van der Waals surface area (Å²) in [5.41, 5.74) is -0.524. The molecule has 0 fully saturated rings. The van der Waals surface area contributed by atoms with Crippen molar-refractivity contribution in [2.75, 3.05) is 52.9 Å². The third-order valence-corrected chi connectivity index (χ3v) is 6.92. The second-order valence-electron chi connectivity index (χ2n) is 13.2. The van der Waals surface area contributed by atoms with E-state index in [1.807, 2.05) is 61.5 Å². The van der Waals surface area contributed by atoms with E-state index in [0.717, 1.165) is 0 Å². The Hall–Kier alpha value is -1.08. The Labute approximate surface area is 297 Å². The normalized spacial score (nSPS) is 17.9. The average molecular weight is 733 g/mol. The van der Waals surface area contributed by atoms with Crippen LogP contribution in [0, 0.1) is 0 Å². The van der Waals surface area contributed by atoms with E-state index in [2.05, 4.69) is 0 Å². The Morgan fingerprint density at radius 3 is 1.18 bits per heavy atom. The molecule has 49 heavy (non-hydrogen) atoms. The maximum atomic E-state index is 12.0. The lowest BCUT2D eigenvalue weighted by molar-refractivity contribution is -0.0749. The van der Waals surface area contributed by atoms with Gasteiger partial charge in [0.15, 0.2) is 0 Å². The Bertz CT molecular complexity index is 750. The number of hydrogen-bond acceptors (Lipinski definition) is 14. The largest absolute Gasteiger partial charge is 0.768 e. The smallest absolute Gasteiger partial charge is 0.492 e. The maximum absolute atomic E-state index is 12.0. The van der Waals surface area contributed by atoms with Gasteiger partial charge in [-0.05, 0) is 96.1 Å². The summed E-state index contributed by atoms with van der Waals surface area (Å²) in [7, 11) is -2.62. The van der Waals surface area contributed by atoms with E-state index < -0.39 is 39.2 Å². The molecule has 296 valence electrons. The first kappa shape index (κ1) is 52.3. The van der Waals surface area contributed by atoms with Gasteiger partial charge in [-0.3, -0.25) is 4.46 Å². The molecule has 0 spiro atoms. The van der Waals surface area contributed by atoms with Crippen molar-refractivity contribution < 1.29 is 67.3 Å². The molecule has 10 atom stereocenters. The standard InChI is InChI=1S/C16H32O6Si.2C9H20O4/c1-8-9-15(21-23(18)22-16(5,6)7)14(4)20-11-13(3)19-10-12(2)17;2*1-7(11)5-12-9(3)6-13-8(2)4-10/h8-9,12-15,17H,10-11H2,1-7H3;2*7-11H,4-6H2,1-3H3. The van der Waals surface area contributed by atoms with Crippen LogP contribution in [0.1, 0.15) is 90.0 Å². The molecule has 10 unspecified atom stereocenters. The molecule has 0 aromatic heterocycles. The minimum Gasteiger partial charge on any atom is -0.492 e. The van der Waals surface area contributed by atoms with E-state index in [1.165, 1.54) is 0 Å². The SMILES string of the molecule is CC(O)COC(C)COC(C)CO.CC(O)COC(C)COC(C)CO.CC=CC(O[Si](=O)OC(C)(C)C)C(C)OCC(C)OCC(C)O. The van der Waals surface area contributed by atoms with Crippen molar-refractivity contribution in [3.63, 3.8) is 0 Å². The van der Waals surface area contributed by atoms with Crippen LogP contribution in [-0.4, -0.2) is 154 Å². The molecule has 0 aromatic carbocycles. The van der Waals surface area contributed by atoms with E-state index in [4.69, 9.17) is 57.7 Å². The molecule has 0 bridgehead atoms. The molecular weight excluding hydrogens is 660 g/mol. The topological polar surface area (TPSA) is 192 Å². The zero-order chi connectivity index (χ0) is 38.6. The third-order valence-electron chi connectivity index (χ3n) is 5.67. The first-order chi connectivity index (χ1) is 22.7. The van der Waals surface area contributed by atoms with Crippen molar-refractivity contribution in [1.29, 1.82) is 0 Å². The number of aliphatic hydroxyl groups excluding tert-OH is 5. The van der Waals surface area contributed by atoms with Crippen LogP contribution in [0.2, 0.25) is 0 Å². The average Bonchev–Trinajstić information content (AvgIpc) is 3.01. The fraction of sp³-hybridized carbons (Fsp3) is 0.941. The van der Waals surface area contributed by atoms with Gasteiger partial charge in [-0.1, -0.05) is 6.08 Å². The van der Waals surface area contributed by atoms with Crippen LogP contribution in [0.25, 0.3) is 0 Å². The van der Waals surface area contributed by atoms with Crippen molar-refractivity contribution in [1.82, 2.24) is 0 Å². The predicted molar refractivity (Wildman–Crippen MR) is 189 cm³/mol. The highest BCUT2D eigenvalue weighted by molar-refractivity contribution is 6.26. The zero-order valence-electron chi connectivity index (χ0n) is 32.5. The van der Waals surface area contributed by atoms with Gasteiger partial charge in [0.2, 0.25) is 0 Å². The molecule has 0 aliphatic rings. The van der Waals surface area contributed by atoms with E-state index >= 15 is 0 Å². The van der Waals surface area contributed by atoms with Crippen molar-refractivity contribution >= 4 is 9.17 Å². The van der Waals surface area contributed by atoms with E-state index in [-0.39, 0.29) is 56.4 Å². The first-order valence-corrected chi connectivity index (χ1v) is 18.4. The van der Waals surface area contributed by atoms with Crippen LogP contribution in [0.5, 0.6) is 0 Å². The molecular formula is C34H72O14Si. The molecule has 15 heteroatoms. The molecule has 0 saturated carbocycles. The Balaban J connectivity index is -0.000000696. The zero-order valence-corrected chi connectivity index (χ0v) is 33.5. The fourth-order valence-electron chi connectivity index (χ4n) is 3.01. The molecule has 0 heterocycles. The second-order valence-corrected chi connectivity index (χ2v) is 14.2. The minimum atomic E-state index is -2.62. The van der Waals surface area contributed by atoms with Crippen LogP contribution in [-0.2, 0) is 41.7 Å². The summed E-state index contributed by atoms with van der Waals surface area (Å²) in [4.78, 5) is 0. The van der Waals surface area contributed by atoms with Gasteiger partial charge in [0.25, 0.3) is 0 Å². The second kappa shape index (κ2) is 31.6. The lowest BCUT2D eigenvalue weighted by Gasteiger charge is -2.26. The van der Waals surface area contributed by atoms with Gasteiger partial charge in [-0.25, -0.2) is 0 Å². The molecule has 0 aliphatic carbocycles. The van der Waals surface area contributed by atoms with Gasteiger partial charge < -0.3 is 62.8 Å². The number of allylic oxidation sites excluding steroid dienone is 1. The summed E-state index contributed by atoms with van der Waals surface area (Å²) in [5, 5.41) is 44.3. The van der Waals surface area contributed by atoms with Gasteiger partial charge in [0.1, 0.15) is 6.10 Å². The summed E-state index contributed by atoms with van der Waals surface area (Å²) in [6.45, 7) is 25.5. The Kier molecular flexibility index (Phi) is 33.8. The quantitative estimate of drug-likeness (QED) is 0.0680. The number of aliphatic hydroxyl groups is 5. The maximum Gasteiger partial charge on any atom is 0.768 e. The first-order valence-electron chi connectivity index (χ1n) is 17.1. The Morgan fingerprint density at radius 2 is 0.898 bits per heavy atom. The monoisotopic (exact) mass is 732 g/mol. The number of rotatable bonds is 25. The highest BCUT2D eigenvalue weighted by Gasteiger charge is 2.27. The summed E-state index contributed by atoms with van der Waals surface area (Å²) in [5.74, 6) is 0. The van der Waals surface area contributed by atoms with Crippen molar-refractivity contribution in [3.8, 4) is 0 Å². The number of hydrogen-bond donors (Lipinski definition) is 5. The van der Waals surface area contributed by atoms with Crippen molar-refractivity contribution in [3.05, 3.63) is 12.2 Å². The lowest BCUT2D eigenvalue weighted by Crippen LogP contribution is -2.36. The van der Waals surface area contributed by atoms with Crippen LogP contribution in [0.3, 0.4) is 0 Å². The fourth-order valence-corrected chi connectivity index (χ4v) is 4.05. The van der Waals surface area contributed by atoms with Gasteiger partial charge in [0.05, 0.1) is 113 Å². The number of ether oxygens (including phenoxy) is 6. The molecule has 14 nitrogen and oxygen atoms in total. The molecule has 0 aliphatic heterocycles. The predicted octanol–water partition coefficient (Wildman–Crippen LogP) is 2.71. The molecule has 0 rings (SSSR count). The lowest BCUT2D eigenvalue weighted by atomic mass is 10.2. The summed E-state index contributed by atoms with van der Waals surface area (Å²) in [6.07, 6.45) is 0.886. The van der Waals surface area contributed by atoms with Crippen LogP contribution in [0.15, 0.2) is 12.2 Å². The van der Waals surface area contributed by atoms with Crippen LogP contribution in [0.4, 0.5) is 0 Å². The van der Waals surface area contributed by atoms with Gasteiger partial charge in [-0.15, -0.1) is 0 Å². The highest BCUT2D eigenvalue weighted by Crippen LogP contribution is 2.12. The van der Waals surface area contributed by atoms with Crippen molar-refractivity contribution in [2.24, 2.45) is 0 Å². The van der Waals surface area contributed by atoms with Gasteiger partial charge in [-0.2, -0.15) is 0 Å². The highest BCUT2D eigenvalue weighted by atomic mass is 28.3. The molecule has 5 N–H and O–H groups in total. The van der Waals surface area contributed by atoms with Gasteiger partial charge in [0, 0.05) is 0 Å². The Morgan fingerprint density at radius 1 is 0.571 bits per heavy atom. The van der Waals surface area contributed by atoms with Crippen molar-refractivity contribution in [2.45, 2.75) is 157 Å². The van der Waals surface area contributed by atoms with Gasteiger partial charge >= 0.3 is 9.17 Å². The summed E-state index contributed by atoms with van der Waals surface area (Å²) < 4.78 is 54.9. The summed E-state index contributed by atoms with van der Waals surface area (Å²) >= 11 is 0. The molecule has 0 radical (unpaired) electrons. The van der Waals surface area contributed by atoms with Crippen LogP contribution < -0.4 is 0 Å². The molecule has 0 saturated heterocycles. The van der Waals surface area contributed by atoms with E-state index in [1.54, 1.807) is 40.7 Å².